The van der Waals surface area contributed by atoms with Crippen LogP contribution in [0.1, 0.15) is 32.1 Å². The summed E-state index contributed by atoms with van der Waals surface area (Å²) in [5.41, 5.74) is 0. The Morgan fingerprint density at radius 2 is 1.41 bits per heavy atom. The van der Waals surface area contributed by atoms with Crippen LogP contribution in [0.4, 0.5) is 0 Å². The molecule has 0 unspecified atom stereocenters. The number of nitrogens with one attached hydrogen (secondary N) is 2. The predicted octanol–water partition coefficient (Wildman–Crippen LogP) is 1.31. The van der Waals surface area contributed by atoms with Crippen molar-refractivity contribution in [3.8, 4) is 0 Å². The summed E-state index contributed by atoms with van der Waals surface area (Å²) in [6, 6.07) is 0. The summed E-state index contributed by atoms with van der Waals surface area (Å²) < 4.78 is 0. The second kappa shape index (κ2) is 7.34. The number of hydrogen-bond acceptors (Lipinski definition) is 3. The number of piperidine rings is 2. The van der Waals surface area contributed by atoms with Gasteiger partial charge >= 0.3 is 0 Å². The van der Waals surface area contributed by atoms with Crippen LogP contribution in [0, 0.1) is 11.8 Å². The molecule has 17 heavy (non-hydrogen) atoms. The summed E-state index contributed by atoms with van der Waals surface area (Å²) in [6.45, 7) is 7.55. The monoisotopic (exact) mass is 239 g/mol. The Kier molecular flexibility index (Phi) is 5.75. The van der Waals surface area contributed by atoms with Gasteiger partial charge in [0.2, 0.25) is 0 Å². The predicted molar refractivity (Wildman–Crippen MR) is 73.3 cm³/mol. The lowest BCUT2D eigenvalue weighted by molar-refractivity contribution is 0.218. The molecule has 0 aliphatic carbocycles. The van der Waals surface area contributed by atoms with E-state index in [-0.39, 0.29) is 0 Å². The highest BCUT2D eigenvalue weighted by molar-refractivity contribution is 4.73. The van der Waals surface area contributed by atoms with Crippen LogP contribution < -0.4 is 10.6 Å². The lowest BCUT2D eigenvalue weighted by atomic mass is 9.94. The molecule has 0 amide bonds. The third kappa shape index (κ3) is 4.94. The maximum atomic E-state index is 3.45. The fourth-order valence-electron chi connectivity index (χ4n) is 3.17. The highest BCUT2D eigenvalue weighted by Crippen LogP contribution is 2.17. The minimum atomic E-state index is 0.939. The molecule has 100 valence electrons. The molecule has 0 aromatic rings. The lowest BCUT2D eigenvalue weighted by Gasteiger charge is -2.29. The third-order valence-corrected chi connectivity index (χ3v) is 4.41. The Balaban J connectivity index is 1.57. The van der Waals surface area contributed by atoms with E-state index in [1.807, 2.05) is 0 Å². The highest BCUT2D eigenvalue weighted by Gasteiger charge is 2.17. The van der Waals surface area contributed by atoms with Gasteiger partial charge in [-0.1, -0.05) is 0 Å². The van der Waals surface area contributed by atoms with Crippen LogP contribution in [0.5, 0.6) is 0 Å². The van der Waals surface area contributed by atoms with Crippen LogP contribution in [0.15, 0.2) is 0 Å². The summed E-state index contributed by atoms with van der Waals surface area (Å²) in [4.78, 5) is 2.57. The minimum Gasteiger partial charge on any atom is -0.317 e. The Labute approximate surface area is 106 Å². The molecule has 0 radical (unpaired) electrons. The van der Waals surface area contributed by atoms with Crippen molar-refractivity contribution in [1.82, 2.24) is 15.5 Å². The van der Waals surface area contributed by atoms with Gasteiger partial charge < -0.3 is 15.5 Å². The second-order valence-electron chi connectivity index (χ2n) is 5.94. The van der Waals surface area contributed by atoms with Gasteiger partial charge in [0.1, 0.15) is 0 Å². The summed E-state index contributed by atoms with van der Waals surface area (Å²) in [7, 11) is 2.31. The van der Waals surface area contributed by atoms with Gasteiger partial charge in [0.05, 0.1) is 0 Å². The minimum absolute atomic E-state index is 0.939. The standard InChI is InChI=1S/C14H29N3/c1-17(12-14-4-9-16-10-5-14)11-6-13-2-7-15-8-3-13/h13-16H,2-12H2,1H3. The molecule has 2 fully saturated rings. The molecular formula is C14H29N3. The summed E-state index contributed by atoms with van der Waals surface area (Å²) in [5.74, 6) is 1.92. The van der Waals surface area contributed by atoms with E-state index < -0.39 is 0 Å². The lowest BCUT2D eigenvalue weighted by Crippen LogP contribution is -2.36. The zero-order chi connectivity index (χ0) is 11.9. The fraction of sp³-hybridized carbons (Fsp3) is 1.00. The van der Waals surface area contributed by atoms with Crippen molar-refractivity contribution in [3.05, 3.63) is 0 Å². The SMILES string of the molecule is CN(CCC1CCNCC1)CC1CCNCC1. The van der Waals surface area contributed by atoms with E-state index in [0.717, 1.165) is 11.8 Å². The van der Waals surface area contributed by atoms with Gasteiger partial charge in [-0.25, -0.2) is 0 Å². The third-order valence-electron chi connectivity index (χ3n) is 4.41. The molecule has 3 heteroatoms. The van der Waals surface area contributed by atoms with Gasteiger partial charge in [0, 0.05) is 6.54 Å². The number of nitrogens with zero attached hydrogens (tertiary/aromatic N) is 1. The molecule has 2 saturated heterocycles. The van der Waals surface area contributed by atoms with Crippen LogP contribution in [0.25, 0.3) is 0 Å². The van der Waals surface area contributed by atoms with Crippen molar-refractivity contribution < 1.29 is 0 Å². The number of rotatable bonds is 5. The quantitative estimate of drug-likeness (QED) is 0.757. The summed E-state index contributed by atoms with van der Waals surface area (Å²) >= 11 is 0. The van der Waals surface area contributed by atoms with E-state index in [1.165, 1.54) is 71.4 Å². The maximum Gasteiger partial charge on any atom is 0.000756 e. The largest absolute Gasteiger partial charge is 0.317 e. The Morgan fingerprint density at radius 3 is 2.00 bits per heavy atom. The summed E-state index contributed by atoms with van der Waals surface area (Å²) in [6.07, 6.45) is 6.93. The Bertz CT molecular complexity index is 196. The van der Waals surface area contributed by atoms with Crippen molar-refractivity contribution in [2.45, 2.75) is 32.1 Å². The smallest absolute Gasteiger partial charge is 0.000756 e. The zero-order valence-electron chi connectivity index (χ0n) is 11.4. The van der Waals surface area contributed by atoms with E-state index in [0.29, 0.717) is 0 Å². The molecular weight excluding hydrogens is 210 g/mol. The van der Waals surface area contributed by atoms with Gasteiger partial charge in [-0.15, -0.1) is 0 Å². The number of hydrogen-bond donors (Lipinski definition) is 2. The van der Waals surface area contributed by atoms with E-state index in [4.69, 9.17) is 0 Å². The first-order valence-electron chi connectivity index (χ1n) is 7.44. The van der Waals surface area contributed by atoms with Gasteiger partial charge in [-0.2, -0.15) is 0 Å². The maximum absolute atomic E-state index is 3.45. The van der Waals surface area contributed by atoms with Gasteiger partial charge in [-0.3, -0.25) is 0 Å². The first-order valence-corrected chi connectivity index (χ1v) is 7.44. The first kappa shape index (κ1) is 13.3. The zero-order valence-corrected chi connectivity index (χ0v) is 11.4. The van der Waals surface area contributed by atoms with Crippen LogP contribution in [0.2, 0.25) is 0 Å². The molecule has 0 saturated carbocycles. The summed E-state index contributed by atoms with van der Waals surface area (Å²) in [5, 5.41) is 6.89. The van der Waals surface area contributed by atoms with Gasteiger partial charge in [-0.05, 0) is 83.7 Å². The molecule has 2 heterocycles. The highest BCUT2D eigenvalue weighted by atomic mass is 15.1. The molecule has 0 aromatic carbocycles. The second-order valence-corrected chi connectivity index (χ2v) is 5.94. The van der Waals surface area contributed by atoms with Crippen molar-refractivity contribution in [2.24, 2.45) is 11.8 Å². The molecule has 0 bridgehead atoms. The van der Waals surface area contributed by atoms with Crippen LogP contribution in [-0.2, 0) is 0 Å². The molecule has 0 spiro atoms. The molecule has 2 aliphatic rings. The molecule has 0 atom stereocenters. The molecule has 2 aliphatic heterocycles. The van der Waals surface area contributed by atoms with Crippen molar-refractivity contribution in [3.63, 3.8) is 0 Å². The van der Waals surface area contributed by atoms with Crippen LogP contribution >= 0.6 is 0 Å². The van der Waals surface area contributed by atoms with Gasteiger partial charge in [0.15, 0.2) is 0 Å². The topological polar surface area (TPSA) is 27.3 Å². The average Bonchev–Trinajstić information content (AvgIpc) is 2.39. The molecule has 2 rings (SSSR count). The first-order chi connectivity index (χ1) is 8.34. The Hall–Kier alpha value is -0.120. The fourth-order valence-corrected chi connectivity index (χ4v) is 3.17. The van der Waals surface area contributed by atoms with Gasteiger partial charge in [0.25, 0.3) is 0 Å². The van der Waals surface area contributed by atoms with E-state index >= 15 is 0 Å². The van der Waals surface area contributed by atoms with Crippen LogP contribution in [0.3, 0.4) is 0 Å². The van der Waals surface area contributed by atoms with E-state index in [1.54, 1.807) is 0 Å². The molecule has 3 nitrogen and oxygen atoms in total. The average molecular weight is 239 g/mol. The van der Waals surface area contributed by atoms with E-state index in [9.17, 15) is 0 Å². The van der Waals surface area contributed by atoms with Crippen molar-refractivity contribution in [2.75, 3.05) is 46.3 Å². The van der Waals surface area contributed by atoms with Crippen molar-refractivity contribution in [1.29, 1.82) is 0 Å². The van der Waals surface area contributed by atoms with E-state index in [2.05, 4.69) is 22.6 Å². The van der Waals surface area contributed by atoms with Crippen LogP contribution in [-0.4, -0.2) is 51.2 Å². The normalized spacial score (nSPS) is 24.4. The Morgan fingerprint density at radius 1 is 0.882 bits per heavy atom. The van der Waals surface area contributed by atoms with Crippen molar-refractivity contribution >= 4 is 0 Å². The molecule has 0 aromatic heterocycles. The molecule has 2 N–H and O–H groups in total.